The lowest BCUT2D eigenvalue weighted by molar-refractivity contribution is -0.0587. The van der Waals surface area contributed by atoms with E-state index >= 15 is 0 Å². The predicted molar refractivity (Wildman–Crippen MR) is 90.4 cm³/mol. The maximum Gasteiger partial charge on any atom is 0.381 e. The number of carbonyl (C=O) groups excluding carboxylic acids is 3. The molecule has 124 valence electrons. The third-order valence-corrected chi connectivity index (χ3v) is 4.42. The Kier molecular flexibility index (Phi) is 3.36. The second-order valence-corrected chi connectivity index (χ2v) is 6.07. The summed E-state index contributed by atoms with van der Waals surface area (Å²) in [6.07, 6.45) is 0. The Morgan fingerprint density at radius 2 is 1.72 bits per heavy atom. The quantitative estimate of drug-likeness (QED) is 0.714. The fourth-order valence-electron chi connectivity index (χ4n) is 2.79. The third kappa shape index (κ3) is 2.30. The SMILES string of the molecule is Cc1ccc2[nH]c(C(=O)ON3C(=O)c4ccccc4C3=O)c(Cl)c2c1. The molecule has 25 heavy (non-hydrogen) atoms. The first-order valence-corrected chi connectivity index (χ1v) is 7.83. The summed E-state index contributed by atoms with van der Waals surface area (Å²) < 4.78 is 0. The molecule has 0 bridgehead atoms. The average Bonchev–Trinajstić information content (AvgIpc) is 3.05. The van der Waals surface area contributed by atoms with E-state index in [1.165, 1.54) is 12.1 Å². The van der Waals surface area contributed by atoms with Crippen LogP contribution in [0.4, 0.5) is 0 Å². The smallest absolute Gasteiger partial charge is 0.348 e. The van der Waals surface area contributed by atoms with E-state index in [-0.39, 0.29) is 21.8 Å². The number of fused-ring (bicyclic) bond motifs is 2. The van der Waals surface area contributed by atoms with Crippen molar-refractivity contribution < 1.29 is 19.2 Å². The zero-order valence-corrected chi connectivity index (χ0v) is 13.8. The Morgan fingerprint density at radius 3 is 2.36 bits per heavy atom. The number of H-pyrrole nitrogens is 1. The van der Waals surface area contributed by atoms with Gasteiger partial charge in [-0.2, -0.15) is 0 Å². The molecule has 1 aliphatic heterocycles. The van der Waals surface area contributed by atoms with Crippen molar-refractivity contribution in [1.29, 1.82) is 0 Å². The van der Waals surface area contributed by atoms with Gasteiger partial charge in [0.05, 0.1) is 16.1 Å². The van der Waals surface area contributed by atoms with E-state index in [0.29, 0.717) is 16.0 Å². The van der Waals surface area contributed by atoms with E-state index in [2.05, 4.69) is 4.98 Å². The molecule has 0 saturated carbocycles. The van der Waals surface area contributed by atoms with Crippen molar-refractivity contribution in [2.24, 2.45) is 0 Å². The summed E-state index contributed by atoms with van der Waals surface area (Å²) in [4.78, 5) is 44.8. The van der Waals surface area contributed by atoms with E-state index in [0.717, 1.165) is 5.56 Å². The molecule has 0 aliphatic carbocycles. The van der Waals surface area contributed by atoms with Crippen LogP contribution in [0.5, 0.6) is 0 Å². The number of hydrogen-bond acceptors (Lipinski definition) is 4. The second kappa shape index (κ2) is 5.46. The lowest BCUT2D eigenvalue weighted by atomic mass is 10.1. The lowest BCUT2D eigenvalue weighted by Gasteiger charge is -2.12. The molecule has 1 N–H and O–H groups in total. The molecular formula is C18H11ClN2O4. The second-order valence-electron chi connectivity index (χ2n) is 5.69. The zero-order chi connectivity index (χ0) is 17.7. The van der Waals surface area contributed by atoms with Crippen LogP contribution in [-0.4, -0.2) is 27.8 Å². The predicted octanol–water partition coefficient (Wildman–Crippen LogP) is 3.50. The van der Waals surface area contributed by atoms with Gasteiger partial charge in [-0.1, -0.05) is 40.4 Å². The number of carbonyl (C=O) groups is 3. The van der Waals surface area contributed by atoms with Gasteiger partial charge in [-0.25, -0.2) is 4.79 Å². The molecule has 6 nitrogen and oxygen atoms in total. The fourth-order valence-corrected chi connectivity index (χ4v) is 3.07. The number of nitrogens with one attached hydrogen (secondary N) is 1. The van der Waals surface area contributed by atoms with E-state index in [4.69, 9.17) is 16.4 Å². The molecule has 1 aromatic heterocycles. The number of aryl methyl sites for hydroxylation is 1. The summed E-state index contributed by atoms with van der Waals surface area (Å²) in [6.45, 7) is 1.90. The van der Waals surface area contributed by atoms with Crippen LogP contribution >= 0.6 is 11.6 Å². The minimum atomic E-state index is -0.909. The Hall–Kier alpha value is -3.12. The summed E-state index contributed by atoms with van der Waals surface area (Å²) in [5.74, 6) is -2.28. The highest BCUT2D eigenvalue weighted by molar-refractivity contribution is 6.38. The Labute approximate surface area is 146 Å². The normalized spacial score (nSPS) is 13.4. The summed E-state index contributed by atoms with van der Waals surface area (Å²) in [7, 11) is 0. The van der Waals surface area contributed by atoms with E-state index < -0.39 is 17.8 Å². The van der Waals surface area contributed by atoms with Crippen LogP contribution in [0.25, 0.3) is 10.9 Å². The summed E-state index contributed by atoms with van der Waals surface area (Å²) in [5, 5.41) is 1.30. The van der Waals surface area contributed by atoms with Crippen molar-refractivity contribution in [3.8, 4) is 0 Å². The average molecular weight is 355 g/mol. The standard InChI is InChI=1S/C18H11ClN2O4/c1-9-6-7-13-12(8-9)14(19)15(20-13)18(24)25-21-16(22)10-4-2-3-5-11(10)17(21)23/h2-8,20H,1H3. The molecule has 1 aliphatic rings. The number of imide groups is 1. The number of hydrogen-bond donors (Lipinski definition) is 1. The van der Waals surface area contributed by atoms with Crippen LogP contribution in [0.2, 0.25) is 5.02 Å². The summed E-state index contributed by atoms with van der Waals surface area (Å²) in [5.41, 5.74) is 2.01. The Balaban J connectivity index is 1.67. The largest absolute Gasteiger partial charge is 0.381 e. The Bertz CT molecular complexity index is 1040. The maximum atomic E-state index is 12.4. The van der Waals surface area contributed by atoms with Gasteiger partial charge >= 0.3 is 5.97 Å². The molecule has 0 fully saturated rings. The van der Waals surface area contributed by atoms with Crippen molar-refractivity contribution >= 4 is 40.3 Å². The minimum absolute atomic E-state index is 0.0150. The molecule has 7 heteroatoms. The molecule has 0 radical (unpaired) electrons. The first-order chi connectivity index (χ1) is 12.0. The molecule has 0 saturated heterocycles. The molecule has 4 rings (SSSR count). The van der Waals surface area contributed by atoms with Crippen molar-refractivity contribution in [3.63, 3.8) is 0 Å². The lowest BCUT2D eigenvalue weighted by Crippen LogP contribution is -2.32. The zero-order valence-electron chi connectivity index (χ0n) is 13.0. The summed E-state index contributed by atoms with van der Waals surface area (Å²) in [6, 6.07) is 11.7. The van der Waals surface area contributed by atoms with Gasteiger partial charge in [0.1, 0.15) is 5.69 Å². The molecular weight excluding hydrogens is 344 g/mol. The van der Waals surface area contributed by atoms with E-state index in [9.17, 15) is 14.4 Å². The first-order valence-electron chi connectivity index (χ1n) is 7.45. The van der Waals surface area contributed by atoms with Crippen molar-refractivity contribution in [2.45, 2.75) is 6.92 Å². The topological polar surface area (TPSA) is 79.5 Å². The molecule has 2 amide bonds. The summed E-state index contributed by atoms with van der Waals surface area (Å²) >= 11 is 6.25. The highest BCUT2D eigenvalue weighted by Crippen LogP contribution is 2.30. The van der Waals surface area contributed by atoms with E-state index in [1.54, 1.807) is 18.2 Å². The number of aromatic amines is 1. The number of hydroxylamine groups is 2. The van der Waals surface area contributed by atoms with Crippen LogP contribution in [0.3, 0.4) is 0 Å². The van der Waals surface area contributed by atoms with Crippen molar-refractivity contribution in [1.82, 2.24) is 10.0 Å². The molecule has 0 atom stereocenters. The Morgan fingerprint density at radius 1 is 1.08 bits per heavy atom. The highest BCUT2D eigenvalue weighted by Gasteiger charge is 2.39. The molecule has 2 aromatic carbocycles. The number of aromatic nitrogens is 1. The van der Waals surface area contributed by atoms with Crippen molar-refractivity contribution in [3.05, 3.63) is 69.9 Å². The van der Waals surface area contributed by atoms with Gasteiger partial charge in [-0.3, -0.25) is 9.59 Å². The number of rotatable bonds is 2. The molecule has 2 heterocycles. The van der Waals surface area contributed by atoms with Crippen LogP contribution in [0.15, 0.2) is 42.5 Å². The minimum Gasteiger partial charge on any atom is -0.348 e. The van der Waals surface area contributed by atoms with Gasteiger partial charge in [0.15, 0.2) is 0 Å². The third-order valence-electron chi connectivity index (χ3n) is 4.03. The number of nitrogens with zero attached hydrogens (tertiary/aromatic N) is 1. The number of amides is 2. The fraction of sp³-hybridized carbons (Fsp3) is 0.0556. The van der Waals surface area contributed by atoms with Gasteiger partial charge in [0.25, 0.3) is 11.8 Å². The van der Waals surface area contributed by atoms with Crippen LogP contribution in [0, 0.1) is 6.92 Å². The van der Waals surface area contributed by atoms with Crippen LogP contribution in [0.1, 0.15) is 36.8 Å². The van der Waals surface area contributed by atoms with Gasteiger partial charge < -0.3 is 9.82 Å². The monoisotopic (exact) mass is 354 g/mol. The molecule has 0 spiro atoms. The first kappa shape index (κ1) is 15.4. The van der Waals surface area contributed by atoms with Gasteiger partial charge in [-0.15, -0.1) is 0 Å². The van der Waals surface area contributed by atoms with Gasteiger partial charge in [0.2, 0.25) is 0 Å². The number of halogens is 1. The maximum absolute atomic E-state index is 12.4. The van der Waals surface area contributed by atoms with Crippen LogP contribution in [-0.2, 0) is 4.84 Å². The van der Waals surface area contributed by atoms with Gasteiger partial charge in [-0.05, 0) is 31.2 Å². The van der Waals surface area contributed by atoms with Gasteiger partial charge in [0, 0.05) is 10.9 Å². The number of benzene rings is 2. The molecule has 0 unspecified atom stereocenters. The van der Waals surface area contributed by atoms with Crippen LogP contribution < -0.4 is 0 Å². The van der Waals surface area contributed by atoms with E-state index in [1.807, 2.05) is 19.1 Å². The molecule has 3 aromatic rings. The highest BCUT2D eigenvalue weighted by atomic mass is 35.5. The van der Waals surface area contributed by atoms with Crippen molar-refractivity contribution in [2.75, 3.05) is 0 Å².